The van der Waals surface area contributed by atoms with Gasteiger partial charge in [0, 0.05) is 6.10 Å². The molecule has 0 amide bonds. The van der Waals surface area contributed by atoms with Gasteiger partial charge in [0.05, 0.1) is 11.2 Å². The third-order valence-electron chi connectivity index (χ3n) is 4.14. The first-order valence-electron chi connectivity index (χ1n) is 7.00. The number of hydrogen-bond acceptors (Lipinski definition) is 3. The lowest BCUT2D eigenvalue weighted by Crippen LogP contribution is -2.50. The smallest absolute Gasteiger partial charge is 0.384 e. The van der Waals surface area contributed by atoms with Crippen LogP contribution in [0.4, 0.5) is 0 Å². The molecule has 100 valence electrons. The van der Waals surface area contributed by atoms with E-state index in [1.165, 1.54) is 0 Å². The second-order valence-corrected chi connectivity index (χ2v) is 5.11. The van der Waals surface area contributed by atoms with Gasteiger partial charge in [-0.25, -0.2) is 0 Å². The molecule has 0 atom stereocenters. The van der Waals surface area contributed by atoms with Gasteiger partial charge in [0.2, 0.25) is 0 Å². The van der Waals surface area contributed by atoms with Crippen LogP contribution >= 0.6 is 0 Å². The minimum atomic E-state index is -0.505. The second-order valence-electron chi connectivity index (χ2n) is 5.11. The first-order chi connectivity index (χ1) is 7.99. The van der Waals surface area contributed by atoms with E-state index < -0.39 is 7.32 Å². The summed E-state index contributed by atoms with van der Waals surface area (Å²) in [6.45, 7) is 12.7. The molecule has 0 radical (unpaired) electrons. The van der Waals surface area contributed by atoms with Gasteiger partial charge in [-0.05, 0) is 39.5 Å². The predicted molar refractivity (Wildman–Crippen MR) is 70.8 cm³/mol. The predicted octanol–water partition coefficient (Wildman–Crippen LogP) is 3.56. The van der Waals surface area contributed by atoms with E-state index in [4.69, 9.17) is 14.0 Å². The molecule has 0 spiro atoms. The Morgan fingerprint density at radius 1 is 0.882 bits per heavy atom. The van der Waals surface area contributed by atoms with Crippen molar-refractivity contribution in [2.75, 3.05) is 0 Å². The zero-order chi connectivity index (χ0) is 13.1. The Kier molecular flexibility index (Phi) is 5.05. The molecule has 1 saturated heterocycles. The van der Waals surface area contributed by atoms with E-state index in [1.54, 1.807) is 0 Å². The Morgan fingerprint density at radius 2 is 1.24 bits per heavy atom. The highest BCUT2D eigenvalue weighted by molar-refractivity contribution is 6.37. The van der Waals surface area contributed by atoms with E-state index in [0.29, 0.717) is 0 Å². The fourth-order valence-corrected chi connectivity index (χ4v) is 3.01. The fourth-order valence-electron chi connectivity index (χ4n) is 3.01. The van der Waals surface area contributed by atoms with Crippen LogP contribution in [-0.2, 0) is 14.0 Å². The fraction of sp³-hybridized carbons (Fsp3) is 1.00. The highest BCUT2D eigenvalue weighted by Gasteiger charge is 2.59. The molecule has 1 fully saturated rings. The molecule has 1 heterocycles. The van der Waals surface area contributed by atoms with Crippen molar-refractivity contribution in [1.82, 2.24) is 0 Å². The Hall–Kier alpha value is -0.0551. The largest absolute Gasteiger partial charge is 0.640 e. The molecular weight excluding hydrogens is 215 g/mol. The zero-order valence-corrected chi connectivity index (χ0v) is 12.2. The standard InChI is InChI=1S/C13H27BO3/c1-7-12(8-2)13(9-3,10-4)17-14(16-12)15-11(5)6/h11H,7-10H2,1-6H3. The normalized spacial score (nSPS) is 22.4. The molecule has 1 aliphatic rings. The Morgan fingerprint density at radius 3 is 1.47 bits per heavy atom. The van der Waals surface area contributed by atoms with Gasteiger partial charge in [0.1, 0.15) is 0 Å². The summed E-state index contributed by atoms with van der Waals surface area (Å²) >= 11 is 0. The summed E-state index contributed by atoms with van der Waals surface area (Å²) in [5.74, 6) is 0. The molecule has 0 unspecified atom stereocenters. The molecule has 4 heteroatoms. The molecule has 3 nitrogen and oxygen atoms in total. The first-order valence-corrected chi connectivity index (χ1v) is 7.00. The van der Waals surface area contributed by atoms with Crippen molar-refractivity contribution < 1.29 is 14.0 Å². The van der Waals surface area contributed by atoms with Crippen LogP contribution in [0.25, 0.3) is 0 Å². The SMILES string of the molecule is CCC1(CC)OB(OC(C)C)OC1(CC)CC. The van der Waals surface area contributed by atoms with Crippen LogP contribution in [0.5, 0.6) is 0 Å². The van der Waals surface area contributed by atoms with Gasteiger partial charge < -0.3 is 14.0 Å². The van der Waals surface area contributed by atoms with Crippen molar-refractivity contribution in [2.24, 2.45) is 0 Å². The lowest BCUT2D eigenvalue weighted by atomic mass is 9.75. The monoisotopic (exact) mass is 242 g/mol. The van der Waals surface area contributed by atoms with Crippen molar-refractivity contribution in [3.05, 3.63) is 0 Å². The number of hydrogen-bond donors (Lipinski definition) is 0. The molecule has 17 heavy (non-hydrogen) atoms. The van der Waals surface area contributed by atoms with Crippen LogP contribution in [0.15, 0.2) is 0 Å². The van der Waals surface area contributed by atoms with Crippen molar-refractivity contribution in [3.8, 4) is 0 Å². The van der Waals surface area contributed by atoms with E-state index in [0.717, 1.165) is 25.7 Å². The average molecular weight is 242 g/mol. The summed E-state index contributed by atoms with van der Waals surface area (Å²) in [4.78, 5) is 0. The van der Waals surface area contributed by atoms with Crippen molar-refractivity contribution in [1.29, 1.82) is 0 Å². The summed E-state index contributed by atoms with van der Waals surface area (Å²) in [6, 6.07) is 0. The quantitative estimate of drug-likeness (QED) is 0.666. The molecule has 0 aliphatic carbocycles. The highest BCUT2D eigenvalue weighted by atomic mass is 16.8. The summed E-state index contributed by atoms with van der Waals surface area (Å²) in [5, 5.41) is 0. The van der Waals surface area contributed by atoms with Gasteiger partial charge in [0.15, 0.2) is 0 Å². The maximum atomic E-state index is 6.11. The molecule has 0 bridgehead atoms. The van der Waals surface area contributed by atoms with E-state index in [2.05, 4.69) is 27.7 Å². The van der Waals surface area contributed by atoms with Crippen molar-refractivity contribution in [2.45, 2.75) is 84.5 Å². The van der Waals surface area contributed by atoms with Crippen LogP contribution in [0.3, 0.4) is 0 Å². The van der Waals surface area contributed by atoms with Gasteiger partial charge in [-0.3, -0.25) is 0 Å². The third kappa shape index (κ3) is 2.54. The van der Waals surface area contributed by atoms with E-state index in [1.807, 2.05) is 13.8 Å². The molecule has 0 N–H and O–H groups in total. The van der Waals surface area contributed by atoms with E-state index in [-0.39, 0.29) is 17.3 Å². The molecule has 0 aromatic heterocycles. The molecule has 0 aromatic carbocycles. The first kappa shape index (κ1) is 15.0. The number of rotatable bonds is 6. The lowest BCUT2D eigenvalue weighted by molar-refractivity contribution is -0.0601. The van der Waals surface area contributed by atoms with Gasteiger partial charge in [-0.15, -0.1) is 0 Å². The van der Waals surface area contributed by atoms with Gasteiger partial charge in [0.25, 0.3) is 0 Å². The summed E-state index contributed by atoms with van der Waals surface area (Å²) in [5.41, 5.74) is -0.397. The Balaban J connectivity index is 2.93. The molecule has 1 rings (SSSR count). The Labute approximate surface area is 106 Å². The lowest BCUT2D eigenvalue weighted by Gasteiger charge is -2.42. The zero-order valence-electron chi connectivity index (χ0n) is 12.2. The summed E-state index contributed by atoms with van der Waals surface area (Å²) < 4.78 is 17.9. The van der Waals surface area contributed by atoms with E-state index in [9.17, 15) is 0 Å². The summed E-state index contributed by atoms with van der Waals surface area (Å²) in [7, 11) is -0.505. The van der Waals surface area contributed by atoms with Crippen LogP contribution in [0.1, 0.15) is 67.2 Å². The molecule has 1 aliphatic heterocycles. The molecular formula is C13H27BO3. The van der Waals surface area contributed by atoms with Crippen LogP contribution in [-0.4, -0.2) is 24.6 Å². The van der Waals surface area contributed by atoms with Crippen LogP contribution in [0.2, 0.25) is 0 Å². The van der Waals surface area contributed by atoms with Gasteiger partial charge in [-0.2, -0.15) is 0 Å². The molecule has 0 saturated carbocycles. The van der Waals surface area contributed by atoms with Crippen LogP contribution in [0, 0.1) is 0 Å². The highest BCUT2D eigenvalue weighted by Crippen LogP contribution is 2.47. The maximum absolute atomic E-state index is 6.11. The van der Waals surface area contributed by atoms with Gasteiger partial charge >= 0.3 is 7.32 Å². The average Bonchev–Trinajstić information content (AvgIpc) is 2.63. The Bertz CT molecular complexity index is 215. The van der Waals surface area contributed by atoms with Gasteiger partial charge in [-0.1, -0.05) is 27.7 Å². The summed E-state index contributed by atoms with van der Waals surface area (Å²) in [6.07, 6.45) is 3.97. The van der Waals surface area contributed by atoms with Crippen LogP contribution < -0.4 is 0 Å². The minimum Gasteiger partial charge on any atom is -0.384 e. The van der Waals surface area contributed by atoms with Crippen molar-refractivity contribution in [3.63, 3.8) is 0 Å². The second kappa shape index (κ2) is 5.72. The minimum absolute atomic E-state index is 0.121. The van der Waals surface area contributed by atoms with Crippen molar-refractivity contribution >= 4 is 7.32 Å². The molecule has 0 aromatic rings. The topological polar surface area (TPSA) is 27.7 Å². The van der Waals surface area contributed by atoms with E-state index >= 15 is 0 Å². The third-order valence-corrected chi connectivity index (χ3v) is 4.14. The maximum Gasteiger partial charge on any atom is 0.640 e.